The van der Waals surface area contributed by atoms with Gasteiger partial charge in [-0.25, -0.2) is 10.9 Å². The number of benzene rings is 2. The normalized spacial score (nSPS) is 11.8. The molecule has 0 aliphatic heterocycles. The van der Waals surface area contributed by atoms with E-state index in [0.29, 0.717) is 35.6 Å². The quantitative estimate of drug-likeness (QED) is 0.185. The van der Waals surface area contributed by atoms with Crippen LogP contribution >= 0.6 is 0 Å². The summed E-state index contributed by atoms with van der Waals surface area (Å²) in [5.74, 6) is -0.255. The number of nitrogens with zero attached hydrogens (tertiary/aromatic N) is 2. The van der Waals surface area contributed by atoms with Crippen molar-refractivity contribution < 1.29 is 9.59 Å². The molecule has 2 aromatic rings. The Labute approximate surface area is 189 Å². The molecular formula is C24H32N6O2. The second-order valence-corrected chi connectivity index (χ2v) is 7.63. The Morgan fingerprint density at radius 2 is 1.12 bits per heavy atom. The van der Waals surface area contributed by atoms with Gasteiger partial charge in [0.05, 0.1) is 11.4 Å². The maximum absolute atomic E-state index is 11.9. The number of rotatable bonds is 11. The highest BCUT2D eigenvalue weighted by Crippen LogP contribution is 2.09. The highest BCUT2D eigenvalue weighted by atomic mass is 16.2. The van der Waals surface area contributed by atoms with Crippen molar-refractivity contribution in [3.63, 3.8) is 0 Å². The van der Waals surface area contributed by atoms with Gasteiger partial charge in [-0.1, -0.05) is 37.1 Å². The van der Waals surface area contributed by atoms with E-state index in [4.69, 9.17) is 11.5 Å². The monoisotopic (exact) mass is 436 g/mol. The molecule has 2 rings (SSSR count). The van der Waals surface area contributed by atoms with Gasteiger partial charge in [-0.2, -0.15) is 10.2 Å². The van der Waals surface area contributed by atoms with Gasteiger partial charge in [0.25, 0.3) is 0 Å². The van der Waals surface area contributed by atoms with Gasteiger partial charge in [-0.3, -0.25) is 9.59 Å². The number of nitrogen functional groups attached to an aromatic ring is 2. The van der Waals surface area contributed by atoms with Gasteiger partial charge in [0.2, 0.25) is 11.8 Å². The van der Waals surface area contributed by atoms with Crippen LogP contribution in [0, 0.1) is 0 Å². The molecular weight excluding hydrogens is 404 g/mol. The van der Waals surface area contributed by atoms with E-state index >= 15 is 0 Å². The van der Waals surface area contributed by atoms with Crippen LogP contribution in [0.4, 0.5) is 11.4 Å². The van der Waals surface area contributed by atoms with Gasteiger partial charge in [-0.15, -0.1) is 0 Å². The molecule has 0 radical (unpaired) electrons. The first-order chi connectivity index (χ1) is 15.3. The lowest BCUT2D eigenvalue weighted by molar-refractivity contribution is -0.122. The fraction of sp³-hybridized carbons (Fsp3) is 0.333. The maximum atomic E-state index is 11.9. The minimum atomic E-state index is -0.127. The number of anilines is 2. The molecule has 0 saturated heterocycles. The lowest BCUT2D eigenvalue weighted by Gasteiger charge is -2.05. The predicted octanol–water partition coefficient (Wildman–Crippen LogP) is 3.57. The number of carbonyl (C=O) groups excluding carboxylic acids is 2. The molecule has 0 atom stereocenters. The van der Waals surface area contributed by atoms with Crippen LogP contribution < -0.4 is 22.3 Å². The summed E-state index contributed by atoms with van der Waals surface area (Å²) in [6.45, 7) is 3.64. The molecule has 8 nitrogen and oxygen atoms in total. The van der Waals surface area contributed by atoms with Crippen molar-refractivity contribution in [2.45, 2.75) is 52.4 Å². The molecule has 8 heteroatoms. The fourth-order valence-corrected chi connectivity index (χ4v) is 2.99. The molecule has 0 heterocycles. The summed E-state index contributed by atoms with van der Waals surface area (Å²) >= 11 is 0. The van der Waals surface area contributed by atoms with E-state index in [0.717, 1.165) is 36.8 Å². The van der Waals surface area contributed by atoms with Crippen LogP contribution in [0.15, 0.2) is 58.7 Å². The van der Waals surface area contributed by atoms with Crippen LogP contribution in [0.1, 0.15) is 63.5 Å². The maximum Gasteiger partial charge on any atom is 0.240 e. The third-order valence-electron chi connectivity index (χ3n) is 4.86. The summed E-state index contributed by atoms with van der Waals surface area (Å²) in [5, 5.41) is 8.25. The molecule has 2 amide bonds. The van der Waals surface area contributed by atoms with Crippen LogP contribution in [-0.2, 0) is 9.59 Å². The van der Waals surface area contributed by atoms with Crippen molar-refractivity contribution in [1.29, 1.82) is 0 Å². The summed E-state index contributed by atoms with van der Waals surface area (Å²) in [4.78, 5) is 23.9. The standard InChI is InChI=1S/C24H32N6O2/c1-17(19-9-7-11-21(25)15-19)27-29-23(31)13-5-3-4-6-14-24(32)30-28-18(2)20-10-8-12-22(26)16-20/h7-12,15-16H,3-6,13-14,25-26H2,1-2H3,(H,29,31)(H,30,32). The van der Waals surface area contributed by atoms with E-state index in [9.17, 15) is 9.59 Å². The van der Waals surface area contributed by atoms with E-state index in [1.165, 1.54) is 0 Å². The number of amides is 2. The smallest absolute Gasteiger partial charge is 0.240 e. The van der Waals surface area contributed by atoms with Crippen LogP contribution in [0.2, 0.25) is 0 Å². The third-order valence-corrected chi connectivity index (χ3v) is 4.86. The average molecular weight is 437 g/mol. The summed E-state index contributed by atoms with van der Waals surface area (Å²) in [5.41, 5.74) is 21.1. The van der Waals surface area contributed by atoms with Gasteiger partial charge in [0.1, 0.15) is 0 Å². The number of unbranched alkanes of at least 4 members (excludes halogenated alkanes) is 3. The summed E-state index contributed by atoms with van der Waals surface area (Å²) in [6.07, 6.45) is 4.00. The molecule has 32 heavy (non-hydrogen) atoms. The van der Waals surface area contributed by atoms with Crippen molar-refractivity contribution in [3.8, 4) is 0 Å². The Morgan fingerprint density at radius 3 is 1.50 bits per heavy atom. The van der Waals surface area contributed by atoms with Crippen LogP contribution in [0.5, 0.6) is 0 Å². The van der Waals surface area contributed by atoms with Crippen molar-refractivity contribution in [2.75, 3.05) is 11.5 Å². The lowest BCUT2D eigenvalue weighted by atomic mass is 10.1. The number of nitrogens with one attached hydrogen (secondary N) is 2. The topological polar surface area (TPSA) is 135 Å². The van der Waals surface area contributed by atoms with Crippen molar-refractivity contribution in [2.24, 2.45) is 10.2 Å². The highest BCUT2D eigenvalue weighted by molar-refractivity contribution is 6.00. The Bertz CT molecular complexity index is 904. The second kappa shape index (κ2) is 12.9. The van der Waals surface area contributed by atoms with E-state index in [2.05, 4.69) is 21.1 Å². The first kappa shape index (κ1) is 24.6. The molecule has 170 valence electrons. The molecule has 0 aliphatic carbocycles. The Kier molecular flexibility index (Phi) is 9.90. The minimum absolute atomic E-state index is 0.127. The molecule has 2 aromatic carbocycles. The molecule has 6 N–H and O–H groups in total. The predicted molar refractivity (Wildman–Crippen MR) is 130 cm³/mol. The molecule has 0 spiro atoms. The number of carbonyl (C=O) groups is 2. The molecule has 0 aromatic heterocycles. The summed E-state index contributed by atoms with van der Waals surface area (Å²) < 4.78 is 0. The molecule has 0 bridgehead atoms. The van der Waals surface area contributed by atoms with Gasteiger partial charge < -0.3 is 11.5 Å². The number of hydrogen-bond acceptors (Lipinski definition) is 6. The molecule has 0 fully saturated rings. The van der Waals surface area contributed by atoms with Gasteiger partial charge in [0.15, 0.2) is 0 Å². The Morgan fingerprint density at radius 1 is 0.719 bits per heavy atom. The van der Waals surface area contributed by atoms with Crippen LogP contribution in [0.25, 0.3) is 0 Å². The van der Waals surface area contributed by atoms with Crippen LogP contribution in [0.3, 0.4) is 0 Å². The van der Waals surface area contributed by atoms with Crippen molar-refractivity contribution in [1.82, 2.24) is 10.9 Å². The van der Waals surface area contributed by atoms with Crippen molar-refractivity contribution in [3.05, 3.63) is 59.7 Å². The lowest BCUT2D eigenvalue weighted by Crippen LogP contribution is -2.19. The third kappa shape index (κ3) is 8.99. The average Bonchev–Trinajstić information content (AvgIpc) is 2.78. The SMILES string of the molecule is CC(=NNC(=O)CCCCCCC(=O)NN=C(C)c1cccc(N)c1)c1cccc(N)c1. The van der Waals surface area contributed by atoms with E-state index in [1.54, 1.807) is 12.1 Å². The Balaban J connectivity index is 1.58. The number of hydrogen-bond donors (Lipinski definition) is 4. The molecule has 0 unspecified atom stereocenters. The largest absolute Gasteiger partial charge is 0.399 e. The molecule has 0 aliphatic rings. The first-order valence-electron chi connectivity index (χ1n) is 10.7. The van der Waals surface area contributed by atoms with Gasteiger partial charge in [0, 0.05) is 24.2 Å². The first-order valence-corrected chi connectivity index (χ1v) is 10.7. The van der Waals surface area contributed by atoms with E-state index < -0.39 is 0 Å². The number of nitrogens with two attached hydrogens (primary N) is 2. The zero-order valence-corrected chi connectivity index (χ0v) is 18.7. The Hall–Kier alpha value is -3.68. The zero-order chi connectivity index (χ0) is 23.3. The zero-order valence-electron chi connectivity index (χ0n) is 18.7. The highest BCUT2D eigenvalue weighted by Gasteiger charge is 2.04. The van der Waals surface area contributed by atoms with E-state index in [-0.39, 0.29) is 11.8 Å². The second-order valence-electron chi connectivity index (χ2n) is 7.63. The minimum Gasteiger partial charge on any atom is -0.399 e. The molecule has 0 saturated carbocycles. The van der Waals surface area contributed by atoms with Crippen LogP contribution in [-0.4, -0.2) is 23.2 Å². The summed E-state index contributed by atoms with van der Waals surface area (Å²) in [6, 6.07) is 14.7. The van der Waals surface area contributed by atoms with Crippen molar-refractivity contribution >= 4 is 34.6 Å². The van der Waals surface area contributed by atoms with E-state index in [1.807, 2.05) is 50.2 Å². The van der Waals surface area contributed by atoms with Gasteiger partial charge in [-0.05, 0) is 62.1 Å². The summed E-state index contributed by atoms with van der Waals surface area (Å²) in [7, 11) is 0. The fourth-order valence-electron chi connectivity index (χ4n) is 2.99. The van der Waals surface area contributed by atoms with Gasteiger partial charge >= 0.3 is 0 Å². The number of hydrazone groups is 2.